The lowest BCUT2D eigenvalue weighted by atomic mass is 10.1. The minimum Gasteiger partial charge on any atom is -0.458 e. The molecule has 0 unspecified atom stereocenters. The zero-order valence-corrected chi connectivity index (χ0v) is 11.9. The molecule has 0 aliphatic rings. The molecule has 0 saturated heterocycles. The molecule has 0 saturated carbocycles. The first-order valence-electron chi connectivity index (χ1n) is 6.53. The average Bonchev–Trinajstić information content (AvgIpc) is 2.57. The number of hydrogen-bond acceptors (Lipinski definition) is 6. The van der Waals surface area contributed by atoms with Crippen molar-refractivity contribution in [1.29, 1.82) is 0 Å². The maximum absolute atomic E-state index is 11.8. The highest BCUT2D eigenvalue weighted by molar-refractivity contribution is 5.89. The Labute approximate surface area is 128 Å². The third-order valence-electron chi connectivity index (χ3n) is 2.79. The molecule has 2 N–H and O–H groups in total. The van der Waals surface area contributed by atoms with Crippen LogP contribution in [-0.4, -0.2) is 47.1 Å². The number of benzene rings is 1. The van der Waals surface area contributed by atoms with E-state index in [0.29, 0.717) is 5.56 Å². The van der Waals surface area contributed by atoms with E-state index in [0.717, 1.165) is 12.2 Å². The van der Waals surface area contributed by atoms with Gasteiger partial charge in [0.1, 0.15) is 18.8 Å². The Morgan fingerprint density at radius 2 is 1.82 bits per heavy atom. The molecule has 0 aliphatic carbocycles. The van der Waals surface area contributed by atoms with Crippen LogP contribution in [0, 0.1) is 0 Å². The first-order valence-corrected chi connectivity index (χ1v) is 6.53. The molecule has 0 aliphatic heterocycles. The summed E-state index contributed by atoms with van der Waals surface area (Å²) in [5, 5.41) is 19.4. The monoisotopic (exact) mass is 306 g/mol. The molecule has 3 atom stereocenters. The van der Waals surface area contributed by atoms with Crippen LogP contribution in [0.15, 0.2) is 55.6 Å². The van der Waals surface area contributed by atoms with E-state index < -0.39 is 36.9 Å². The first-order chi connectivity index (χ1) is 10.5. The number of esters is 2. The van der Waals surface area contributed by atoms with Crippen LogP contribution in [0.1, 0.15) is 10.4 Å². The van der Waals surface area contributed by atoms with Gasteiger partial charge < -0.3 is 19.7 Å². The van der Waals surface area contributed by atoms with Crippen LogP contribution < -0.4 is 0 Å². The molecular formula is C16H18O6. The van der Waals surface area contributed by atoms with Gasteiger partial charge in [-0.25, -0.2) is 9.59 Å². The standard InChI is InChI=1S/C16H18O6/c1-3-12(17)15(19)13(22-14(18)4-2)10-21-16(20)11-8-6-5-7-9-11/h3-9,12-13,15,17,19H,1-2,10H2/t12-,13-,15+/m1/s1. The Balaban J connectivity index is 2.71. The third kappa shape index (κ3) is 5.16. The summed E-state index contributed by atoms with van der Waals surface area (Å²) in [7, 11) is 0. The van der Waals surface area contributed by atoms with E-state index >= 15 is 0 Å². The molecule has 0 heterocycles. The van der Waals surface area contributed by atoms with E-state index in [1.165, 1.54) is 0 Å². The van der Waals surface area contributed by atoms with Gasteiger partial charge in [-0.3, -0.25) is 0 Å². The Morgan fingerprint density at radius 3 is 2.36 bits per heavy atom. The summed E-state index contributed by atoms with van der Waals surface area (Å²) >= 11 is 0. The van der Waals surface area contributed by atoms with Crippen LogP contribution in [0.4, 0.5) is 0 Å². The lowest BCUT2D eigenvalue weighted by molar-refractivity contribution is -0.156. The number of carbonyl (C=O) groups excluding carboxylic acids is 2. The maximum atomic E-state index is 11.8. The summed E-state index contributed by atoms with van der Waals surface area (Å²) in [6, 6.07) is 8.20. The molecule has 0 aromatic heterocycles. The van der Waals surface area contributed by atoms with Crippen LogP contribution in [0.25, 0.3) is 0 Å². The SMILES string of the molecule is C=CC(=O)O[C@H](COC(=O)c1ccccc1)[C@@H](O)[C@H](O)C=C. The molecule has 1 rings (SSSR count). The minimum absolute atomic E-state index is 0.315. The molecular weight excluding hydrogens is 288 g/mol. The Hall–Kier alpha value is -2.44. The van der Waals surface area contributed by atoms with Crippen molar-refractivity contribution in [2.45, 2.75) is 18.3 Å². The van der Waals surface area contributed by atoms with Gasteiger partial charge in [-0.15, -0.1) is 6.58 Å². The van der Waals surface area contributed by atoms with E-state index in [1.807, 2.05) is 0 Å². The fourth-order valence-corrected chi connectivity index (χ4v) is 1.57. The van der Waals surface area contributed by atoms with Crippen molar-refractivity contribution < 1.29 is 29.3 Å². The molecule has 0 radical (unpaired) electrons. The maximum Gasteiger partial charge on any atom is 0.338 e. The van der Waals surface area contributed by atoms with Crippen LogP contribution in [0.3, 0.4) is 0 Å². The predicted molar refractivity (Wildman–Crippen MR) is 79.0 cm³/mol. The predicted octanol–water partition coefficient (Wildman–Crippen LogP) is 0.849. The Morgan fingerprint density at radius 1 is 1.18 bits per heavy atom. The van der Waals surface area contributed by atoms with Gasteiger partial charge in [0, 0.05) is 6.08 Å². The highest BCUT2D eigenvalue weighted by Crippen LogP contribution is 2.09. The van der Waals surface area contributed by atoms with E-state index in [1.54, 1.807) is 30.3 Å². The number of rotatable bonds is 8. The summed E-state index contributed by atoms with van der Waals surface area (Å²) in [5.74, 6) is -1.45. The third-order valence-corrected chi connectivity index (χ3v) is 2.79. The smallest absolute Gasteiger partial charge is 0.338 e. The van der Waals surface area contributed by atoms with Gasteiger partial charge in [0.15, 0.2) is 6.10 Å². The first kappa shape index (κ1) is 17.6. The van der Waals surface area contributed by atoms with Crippen molar-refractivity contribution in [3.8, 4) is 0 Å². The van der Waals surface area contributed by atoms with Gasteiger partial charge in [0.25, 0.3) is 0 Å². The second kappa shape index (κ2) is 8.76. The van der Waals surface area contributed by atoms with Gasteiger partial charge in [0.05, 0.1) is 5.56 Å². The second-order valence-corrected chi connectivity index (χ2v) is 4.36. The van der Waals surface area contributed by atoms with E-state index in [2.05, 4.69) is 13.2 Å². The van der Waals surface area contributed by atoms with Gasteiger partial charge in [-0.05, 0) is 12.1 Å². The van der Waals surface area contributed by atoms with E-state index in [4.69, 9.17) is 9.47 Å². The zero-order valence-electron chi connectivity index (χ0n) is 11.9. The number of ether oxygens (including phenoxy) is 2. The molecule has 6 heteroatoms. The summed E-state index contributed by atoms with van der Waals surface area (Å²) in [5.41, 5.74) is 0.315. The summed E-state index contributed by atoms with van der Waals surface area (Å²) in [4.78, 5) is 23.1. The van der Waals surface area contributed by atoms with E-state index in [-0.39, 0.29) is 0 Å². The summed E-state index contributed by atoms with van der Waals surface area (Å²) in [6.07, 6.45) is -2.08. The van der Waals surface area contributed by atoms with Crippen LogP contribution >= 0.6 is 0 Å². The molecule has 1 aromatic carbocycles. The van der Waals surface area contributed by atoms with Gasteiger partial charge >= 0.3 is 11.9 Å². The fourth-order valence-electron chi connectivity index (χ4n) is 1.57. The van der Waals surface area contributed by atoms with E-state index in [9.17, 15) is 19.8 Å². The highest BCUT2D eigenvalue weighted by atomic mass is 16.6. The zero-order chi connectivity index (χ0) is 16.5. The van der Waals surface area contributed by atoms with Crippen LogP contribution in [0.5, 0.6) is 0 Å². The van der Waals surface area contributed by atoms with Crippen molar-refractivity contribution in [2.24, 2.45) is 0 Å². The Bertz CT molecular complexity index is 525. The van der Waals surface area contributed by atoms with Crippen molar-refractivity contribution in [1.82, 2.24) is 0 Å². The molecule has 22 heavy (non-hydrogen) atoms. The highest BCUT2D eigenvalue weighted by Gasteiger charge is 2.29. The van der Waals surface area contributed by atoms with Crippen molar-refractivity contribution in [2.75, 3.05) is 6.61 Å². The molecule has 0 bridgehead atoms. The lowest BCUT2D eigenvalue weighted by Crippen LogP contribution is -2.42. The number of hydrogen-bond donors (Lipinski definition) is 2. The molecule has 118 valence electrons. The Kier molecular flexibility index (Phi) is 7.01. The number of aliphatic hydroxyl groups is 2. The van der Waals surface area contributed by atoms with Crippen LogP contribution in [0.2, 0.25) is 0 Å². The van der Waals surface area contributed by atoms with Gasteiger partial charge in [-0.2, -0.15) is 0 Å². The second-order valence-electron chi connectivity index (χ2n) is 4.36. The molecule has 6 nitrogen and oxygen atoms in total. The van der Waals surface area contributed by atoms with Crippen molar-refractivity contribution in [3.05, 3.63) is 61.2 Å². The molecule has 0 fully saturated rings. The average molecular weight is 306 g/mol. The molecule has 0 spiro atoms. The van der Waals surface area contributed by atoms with Gasteiger partial charge in [-0.1, -0.05) is 30.9 Å². The normalized spacial score (nSPS) is 14.3. The summed E-state index contributed by atoms with van der Waals surface area (Å²) in [6.45, 7) is 6.14. The quantitative estimate of drug-likeness (QED) is 0.420. The van der Waals surface area contributed by atoms with Crippen LogP contribution in [-0.2, 0) is 14.3 Å². The van der Waals surface area contributed by atoms with Gasteiger partial charge in [0.2, 0.25) is 0 Å². The largest absolute Gasteiger partial charge is 0.458 e. The molecule has 1 aromatic rings. The number of aliphatic hydroxyl groups excluding tert-OH is 2. The number of carbonyl (C=O) groups is 2. The van der Waals surface area contributed by atoms with Crippen molar-refractivity contribution >= 4 is 11.9 Å². The summed E-state index contributed by atoms with van der Waals surface area (Å²) < 4.78 is 9.87. The topological polar surface area (TPSA) is 93.1 Å². The fraction of sp³-hybridized carbons (Fsp3) is 0.250. The van der Waals surface area contributed by atoms with Crippen molar-refractivity contribution in [3.63, 3.8) is 0 Å². The lowest BCUT2D eigenvalue weighted by Gasteiger charge is -2.24. The molecule has 0 amide bonds. The minimum atomic E-state index is -1.48.